The molecule has 1 rings (SSSR count). The first-order valence-electron chi connectivity index (χ1n) is 6.05. The van der Waals surface area contributed by atoms with E-state index in [2.05, 4.69) is 6.58 Å². The third kappa shape index (κ3) is 3.23. The van der Waals surface area contributed by atoms with E-state index in [0.29, 0.717) is 0 Å². The lowest BCUT2D eigenvalue weighted by Crippen LogP contribution is -2.52. The van der Waals surface area contributed by atoms with Crippen molar-refractivity contribution in [3.63, 3.8) is 0 Å². The molecule has 5 nitrogen and oxygen atoms in total. The second-order valence-electron chi connectivity index (χ2n) is 5.90. The Morgan fingerprint density at radius 3 is 2.61 bits per heavy atom. The predicted molar refractivity (Wildman–Crippen MR) is 68.1 cm³/mol. The molecule has 0 spiro atoms. The fraction of sp³-hybridized carbons (Fsp3) is 0.769. The zero-order valence-electron chi connectivity index (χ0n) is 11.8. The van der Waals surface area contributed by atoms with Crippen LogP contribution < -0.4 is 0 Å². The molecule has 0 unspecified atom stereocenters. The molecule has 0 radical (unpaired) electrons. The van der Waals surface area contributed by atoms with E-state index in [9.17, 15) is 9.90 Å². The van der Waals surface area contributed by atoms with Gasteiger partial charge in [0, 0.05) is 0 Å². The van der Waals surface area contributed by atoms with E-state index in [4.69, 9.17) is 9.47 Å². The van der Waals surface area contributed by atoms with E-state index in [0.717, 1.165) is 0 Å². The SMILES string of the molecule is C=C[C@@H](O)[C@@H]1COC(C)(C)N1C(=O)OC(C)(C)C. The number of nitrogens with zero attached hydrogens (tertiary/aromatic N) is 1. The summed E-state index contributed by atoms with van der Waals surface area (Å²) in [6.07, 6.45) is 0.0717. The smallest absolute Gasteiger partial charge is 0.413 e. The highest BCUT2D eigenvalue weighted by atomic mass is 16.6. The fourth-order valence-electron chi connectivity index (χ4n) is 1.91. The number of hydrogen-bond donors (Lipinski definition) is 1. The molecule has 1 aliphatic heterocycles. The summed E-state index contributed by atoms with van der Waals surface area (Å²) in [6.45, 7) is 12.7. The molecule has 2 atom stereocenters. The molecule has 1 aliphatic rings. The van der Waals surface area contributed by atoms with E-state index in [1.54, 1.807) is 34.6 Å². The van der Waals surface area contributed by atoms with Gasteiger partial charge in [0.1, 0.15) is 11.3 Å². The van der Waals surface area contributed by atoms with Crippen molar-refractivity contribution in [3.05, 3.63) is 12.7 Å². The lowest BCUT2D eigenvalue weighted by molar-refractivity contribution is -0.0660. The minimum Gasteiger partial charge on any atom is -0.444 e. The van der Waals surface area contributed by atoms with Crippen molar-refractivity contribution in [2.24, 2.45) is 0 Å². The second kappa shape index (κ2) is 4.90. The molecule has 0 aromatic heterocycles. The summed E-state index contributed by atoms with van der Waals surface area (Å²) in [5.41, 5.74) is -1.38. The average molecular weight is 257 g/mol. The van der Waals surface area contributed by atoms with Gasteiger partial charge >= 0.3 is 6.09 Å². The number of hydrogen-bond acceptors (Lipinski definition) is 4. The van der Waals surface area contributed by atoms with Crippen LogP contribution in [0, 0.1) is 0 Å². The van der Waals surface area contributed by atoms with E-state index in [1.807, 2.05) is 0 Å². The maximum absolute atomic E-state index is 12.2. The highest BCUT2D eigenvalue weighted by Crippen LogP contribution is 2.31. The predicted octanol–water partition coefficient (Wildman–Crippen LogP) is 1.91. The van der Waals surface area contributed by atoms with E-state index >= 15 is 0 Å². The van der Waals surface area contributed by atoms with Crippen LogP contribution in [0.5, 0.6) is 0 Å². The van der Waals surface area contributed by atoms with Crippen molar-refractivity contribution < 1.29 is 19.4 Å². The Morgan fingerprint density at radius 2 is 2.17 bits per heavy atom. The molecule has 1 N–H and O–H groups in total. The van der Waals surface area contributed by atoms with Crippen molar-refractivity contribution >= 4 is 6.09 Å². The first-order chi connectivity index (χ1) is 8.08. The van der Waals surface area contributed by atoms with Gasteiger partial charge in [-0.05, 0) is 34.6 Å². The molecule has 0 aromatic rings. The van der Waals surface area contributed by atoms with E-state index < -0.39 is 29.6 Å². The zero-order chi connectivity index (χ0) is 14.1. The number of aliphatic hydroxyl groups excluding tert-OH is 1. The number of rotatable bonds is 2. The molecule has 1 saturated heterocycles. The first-order valence-corrected chi connectivity index (χ1v) is 6.05. The van der Waals surface area contributed by atoms with Crippen LogP contribution in [0.3, 0.4) is 0 Å². The van der Waals surface area contributed by atoms with Gasteiger partial charge in [-0.2, -0.15) is 0 Å². The van der Waals surface area contributed by atoms with E-state index in [-0.39, 0.29) is 6.61 Å². The Balaban J connectivity index is 2.92. The molecule has 0 bridgehead atoms. The number of amides is 1. The summed E-state index contributed by atoms with van der Waals surface area (Å²) in [5, 5.41) is 9.86. The molecule has 0 saturated carbocycles. The summed E-state index contributed by atoms with van der Waals surface area (Å²) in [4.78, 5) is 13.6. The quantitative estimate of drug-likeness (QED) is 0.768. The van der Waals surface area contributed by atoms with Crippen LogP contribution >= 0.6 is 0 Å². The number of aliphatic hydroxyl groups is 1. The molecule has 104 valence electrons. The first kappa shape index (κ1) is 15.0. The Hall–Kier alpha value is -1.07. The highest BCUT2D eigenvalue weighted by molar-refractivity contribution is 5.70. The molecule has 18 heavy (non-hydrogen) atoms. The maximum Gasteiger partial charge on any atom is 0.413 e. The van der Waals surface area contributed by atoms with Crippen LogP contribution in [-0.2, 0) is 9.47 Å². The summed E-state index contributed by atoms with van der Waals surface area (Å²) in [6, 6.07) is -0.465. The van der Waals surface area contributed by atoms with Gasteiger partial charge in [0.15, 0.2) is 0 Å². The Kier molecular flexibility index (Phi) is 4.08. The summed E-state index contributed by atoms with van der Waals surface area (Å²) >= 11 is 0. The van der Waals surface area contributed by atoms with Gasteiger partial charge in [-0.15, -0.1) is 6.58 Å². The molecule has 0 aromatic carbocycles. The van der Waals surface area contributed by atoms with Gasteiger partial charge < -0.3 is 14.6 Å². The van der Waals surface area contributed by atoms with E-state index in [1.165, 1.54) is 11.0 Å². The monoisotopic (exact) mass is 257 g/mol. The van der Waals surface area contributed by atoms with Crippen LogP contribution in [-0.4, -0.2) is 46.2 Å². The largest absolute Gasteiger partial charge is 0.444 e. The van der Waals surface area contributed by atoms with Crippen molar-refractivity contribution in [2.45, 2.75) is 58.1 Å². The Bertz CT molecular complexity index is 332. The zero-order valence-corrected chi connectivity index (χ0v) is 11.8. The van der Waals surface area contributed by atoms with Crippen LogP contribution in [0.15, 0.2) is 12.7 Å². The Labute approximate surface area is 108 Å². The van der Waals surface area contributed by atoms with Gasteiger partial charge in [0.2, 0.25) is 0 Å². The van der Waals surface area contributed by atoms with Gasteiger partial charge in [-0.1, -0.05) is 6.08 Å². The van der Waals surface area contributed by atoms with Crippen LogP contribution in [0.4, 0.5) is 4.79 Å². The summed E-state index contributed by atoms with van der Waals surface area (Å²) in [7, 11) is 0. The topological polar surface area (TPSA) is 59.0 Å². The van der Waals surface area contributed by atoms with Gasteiger partial charge in [-0.25, -0.2) is 4.79 Å². The summed E-state index contributed by atoms with van der Waals surface area (Å²) < 4.78 is 10.9. The van der Waals surface area contributed by atoms with Crippen molar-refractivity contribution in [3.8, 4) is 0 Å². The van der Waals surface area contributed by atoms with Crippen LogP contribution in [0.25, 0.3) is 0 Å². The maximum atomic E-state index is 12.2. The molecular weight excluding hydrogens is 234 g/mol. The fourth-order valence-corrected chi connectivity index (χ4v) is 1.91. The summed E-state index contributed by atoms with van der Waals surface area (Å²) in [5.74, 6) is 0. The molecular formula is C13H23NO4. The minimum absolute atomic E-state index is 0.263. The van der Waals surface area contributed by atoms with Gasteiger partial charge in [0.25, 0.3) is 0 Å². The molecule has 5 heteroatoms. The van der Waals surface area contributed by atoms with Crippen LogP contribution in [0.1, 0.15) is 34.6 Å². The highest BCUT2D eigenvalue weighted by Gasteiger charge is 2.47. The van der Waals surface area contributed by atoms with Crippen molar-refractivity contribution in [2.75, 3.05) is 6.61 Å². The normalized spacial score (nSPS) is 24.8. The lowest BCUT2D eigenvalue weighted by Gasteiger charge is -2.35. The van der Waals surface area contributed by atoms with Gasteiger partial charge in [-0.3, -0.25) is 4.90 Å². The number of carbonyl (C=O) groups excluding carboxylic acids is 1. The van der Waals surface area contributed by atoms with Crippen molar-refractivity contribution in [1.29, 1.82) is 0 Å². The van der Waals surface area contributed by atoms with Crippen LogP contribution in [0.2, 0.25) is 0 Å². The Morgan fingerprint density at radius 1 is 1.61 bits per heavy atom. The molecule has 1 heterocycles. The lowest BCUT2D eigenvalue weighted by atomic mass is 10.1. The molecule has 1 amide bonds. The third-order valence-electron chi connectivity index (χ3n) is 2.75. The van der Waals surface area contributed by atoms with Gasteiger partial charge in [0.05, 0.1) is 18.8 Å². The second-order valence-corrected chi connectivity index (χ2v) is 5.90. The molecule has 1 fully saturated rings. The average Bonchev–Trinajstić information content (AvgIpc) is 2.50. The standard InChI is InChI=1S/C13H23NO4/c1-7-10(15)9-8-17-13(5,6)14(9)11(16)18-12(2,3)4/h7,9-10,15H,1,8H2,2-6H3/t9-,10+/m0/s1. The minimum atomic E-state index is -0.834. The van der Waals surface area contributed by atoms with Crippen molar-refractivity contribution in [1.82, 2.24) is 4.90 Å². The third-order valence-corrected chi connectivity index (χ3v) is 2.75. The number of carbonyl (C=O) groups is 1. The number of ether oxygens (including phenoxy) is 2. The molecule has 0 aliphatic carbocycles.